The fourth-order valence-corrected chi connectivity index (χ4v) is 4.85. The Morgan fingerprint density at radius 2 is 2.06 bits per heavy atom. The van der Waals surface area contributed by atoms with Gasteiger partial charge in [0.1, 0.15) is 5.82 Å². The highest BCUT2D eigenvalue weighted by molar-refractivity contribution is 7.09. The van der Waals surface area contributed by atoms with Crippen molar-refractivity contribution in [3.8, 4) is 11.5 Å². The Hall–Kier alpha value is -2.87. The van der Waals surface area contributed by atoms with Gasteiger partial charge in [0.05, 0.1) is 31.0 Å². The summed E-state index contributed by atoms with van der Waals surface area (Å²) in [6, 6.07) is 5.45. The van der Waals surface area contributed by atoms with E-state index < -0.39 is 0 Å². The summed E-state index contributed by atoms with van der Waals surface area (Å²) in [6.07, 6.45) is 7.70. The van der Waals surface area contributed by atoms with Crippen LogP contribution in [-0.4, -0.2) is 52.1 Å². The summed E-state index contributed by atoms with van der Waals surface area (Å²) < 4.78 is 13.5. The van der Waals surface area contributed by atoms with Crippen molar-refractivity contribution in [2.45, 2.75) is 52.0 Å². The number of carbonyl (C=O) groups excluding carboxylic acids is 1. The van der Waals surface area contributed by atoms with Gasteiger partial charge in [0.15, 0.2) is 11.5 Å². The molecule has 4 rings (SSSR count). The van der Waals surface area contributed by atoms with E-state index in [-0.39, 0.29) is 5.91 Å². The topological polar surface area (TPSA) is 69.5 Å². The van der Waals surface area contributed by atoms with Crippen molar-refractivity contribution < 1.29 is 14.3 Å². The predicted molar refractivity (Wildman–Crippen MR) is 129 cm³/mol. The van der Waals surface area contributed by atoms with Crippen LogP contribution in [0.3, 0.4) is 0 Å². The number of hydrogen-bond acceptors (Lipinski definition) is 6. The monoisotopic (exact) mass is 468 g/mol. The summed E-state index contributed by atoms with van der Waals surface area (Å²) in [6.45, 7) is 6.93. The van der Waals surface area contributed by atoms with Crippen LogP contribution in [0.25, 0.3) is 0 Å². The second kappa shape index (κ2) is 10.8. The first-order valence-electron chi connectivity index (χ1n) is 11.6. The van der Waals surface area contributed by atoms with Gasteiger partial charge in [0.2, 0.25) is 0 Å². The number of aryl methyl sites for hydroxylation is 1. The molecule has 1 aromatic carbocycles. The minimum absolute atomic E-state index is 0.0396. The van der Waals surface area contributed by atoms with Gasteiger partial charge in [-0.15, -0.1) is 11.3 Å². The number of amides is 1. The number of likely N-dealkylation sites (tertiary alicyclic amines) is 1. The second-order valence-electron chi connectivity index (χ2n) is 8.41. The molecule has 7 nitrogen and oxygen atoms in total. The number of nitrogens with zero attached hydrogens (tertiary/aromatic N) is 4. The number of ether oxygens (including phenoxy) is 2. The number of benzene rings is 1. The smallest absolute Gasteiger partial charge is 0.253 e. The second-order valence-corrected chi connectivity index (χ2v) is 9.47. The Morgan fingerprint density at radius 3 is 2.76 bits per heavy atom. The van der Waals surface area contributed by atoms with Crippen LogP contribution >= 0.6 is 11.3 Å². The maximum atomic E-state index is 13.2. The molecule has 176 valence electrons. The Balaban J connectivity index is 1.39. The van der Waals surface area contributed by atoms with Gasteiger partial charge in [-0.2, -0.15) is 0 Å². The van der Waals surface area contributed by atoms with Gasteiger partial charge in [-0.05, 0) is 44.4 Å². The Morgan fingerprint density at radius 1 is 1.24 bits per heavy atom. The van der Waals surface area contributed by atoms with E-state index in [2.05, 4.69) is 26.8 Å². The number of piperidine rings is 1. The molecule has 3 heterocycles. The molecule has 0 spiro atoms. The van der Waals surface area contributed by atoms with E-state index in [1.165, 1.54) is 0 Å². The van der Waals surface area contributed by atoms with Crippen LogP contribution in [0.15, 0.2) is 36.0 Å². The minimum atomic E-state index is 0.0396. The highest BCUT2D eigenvalue weighted by Crippen LogP contribution is 2.31. The van der Waals surface area contributed by atoms with Gasteiger partial charge in [-0.3, -0.25) is 4.79 Å². The molecule has 1 aliphatic heterocycles. The molecule has 8 heteroatoms. The summed E-state index contributed by atoms with van der Waals surface area (Å²) in [7, 11) is 1.62. The molecule has 0 unspecified atom stereocenters. The average Bonchev–Trinajstić information content (AvgIpc) is 3.47. The van der Waals surface area contributed by atoms with Gasteiger partial charge in [-0.25, -0.2) is 9.97 Å². The van der Waals surface area contributed by atoms with Crippen molar-refractivity contribution >= 4 is 17.2 Å². The van der Waals surface area contributed by atoms with Crippen LogP contribution in [0, 0.1) is 6.92 Å². The quantitative estimate of drug-likeness (QED) is 0.418. The van der Waals surface area contributed by atoms with Gasteiger partial charge in [0, 0.05) is 42.3 Å². The lowest BCUT2D eigenvalue weighted by molar-refractivity contribution is 0.0710. The van der Waals surface area contributed by atoms with Gasteiger partial charge < -0.3 is 18.9 Å². The zero-order chi connectivity index (χ0) is 23.2. The molecular formula is C25H32N4O3S. The summed E-state index contributed by atoms with van der Waals surface area (Å²) in [5.74, 6) is 2.75. The molecule has 1 amide bonds. The molecule has 33 heavy (non-hydrogen) atoms. The summed E-state index contributed by atoms with van der Waals surface area (Å²) in [4.78, 5) is 24.3. The first-order valence-corrected chi connectivity index (χ1v) is 12.5. The summed E-state index contributed by atoms with van der Waals surface area (Å²) >= 11 is 1.67. The number of thiazole rings is 1. The van der Waals surface area contributed by atoms with Crippen molar-refractivity contribution in [2.75, 3.05) is 26.8 Å². The summed E-state index contributed by atoms with van der Waals surface area (Å²) in [5.41, 5.74) is 1.71. The Kier molecular flexibility index (Phi) is 7.65. The van der Waals surface area contributed by atoms with Gasteiger partial charge >= 0.3 is 0 Å². The molecule has 0 saturated carbocycles. The zero-order valence-electron chi connectivity index (χ0n) is 19.6. The van der Waals surface area contributed by atoms with Crippen molar-refractivity contribution in [1.29, 1.82) is 0 Å². The molecule has 3 aromatic rings. The molecule has 0 aliphatic carbocycles. The number of rotatable bonds is 9. The molecule has 0 radical (unpaired) electrons. The van der Waals surface area contributed by atoms with E-state index in [0.717, 1.165) is 48.8 Å². The number of methoxy groups -OCH3 is 1. The number of imidazole rings is 1. The van der Waals surface area contributed by atoms with E-state index in [4.69, 9.17) is 9.47 Å². The number of aromatic nitrogens is 3. The standard InChI is InChI=1S/C25H32N4O3S/c1-4-5-14-32-23-15-20(6-7-22(23)31-3)25(30)28-11-8-19(9-12-28)24-26-10-13-29(24)16-21-17-33-18(2)27-21/h6-7,10,13,15,17,19H,4-5,8-9,11-12,14,16H2,1-3H3. The van der Waals surface area contributed by atoms with Crippen LogP contribution < -0.4 is 9.47 Å². The highest BCUT2D eigenvalue weighted by Gasteiger charge is 2.27. The molecule has 1 saturated heterocycles. The predicted octanol–water partition coefficient (Wildman–Crippen LogP) is 4.90. The van der Waals surface area contributed by atoms with E-state index in [1.54, 1.807) is 18.4 Å². The first-order chi connectivity index (χ1) is 16.1. The third-order valence-electron chi connectivity index (χ3n) is 6.06. The molecule has 1 fully saturated rings. The zero-order valence-corrected chi connectivity index (χ0v) is 20.4. The van der Waals surface area contributed by atoms with Crippen LogP contribution in [0.2, 0.25) is 0 Å². The van der Waals surface area contributed by atoms with Crippen molar-refractivity contribution in [3.63, 3.8) is 0 Å². The van der Waals surface area contributed by atoms with E-state index in [1.807, 2.05) is 42.4 Å². The SMILES string of the molecule is CCCCOc1cc(C(=O)N2CCC(c3nccn3Cc3csc(C)n3)CC2)ccc1OC. The molecule has 0 atom stereocenters. The van der Waals surface area contributed by atoms with Crippen molar-refractivity contribution in [1.82, 2.24) is 19.4 Å². The van der Waals surface area contributed by atoms with Crippen LogP contribution in [0.4, 0.5) is 0 Å². The van der Waals surface area contributed by atoms with Gasteiger partial charge in [-0.1, -0.05) is 13.3 Å². The third kappa shape index (κ3) is 5.55. The highest BCUT2D eigenvalue weighted by atomic mass is 32.1. The van der Waals surface area contributed by atoms with Crippen LogP contribution in [0.5, 0.6) is 11.5 Å². The molecular weight excluding hydrogens is 436 g/mol. The maximum absolute atomic E-state index is 13.2. The third-order valence-corrected chi connectivity index (χ3v) is 6.88. The molecule has 0 N–H and O–H groups in total. The molecule has 2 aromatic heterocycles. The summed E-state index contributed by atoms with van der Waals surface area (Å²) in [5, 5.41) is 3.19. The lowest BCUT2D eigenvalue weighted by atomic mass is 9.95. The normalized spacial score (nSPS) is 14.5. The fraction of sp³-hybridized carbons (Fsp3) is 0.480. The first kappa shape index (κ1) is 23.3. The van der Waals surface area contributed by atoms with Crippen LogP contribution in [0.1, 0.15) is 65.4 Å². The van der Waals surface area contributed by atoms with Crippen LogP contribution in [-0.2, 0) is 6.54 Å². The number of unbranched alkanes of at least 4 members (excludes halogenated alkanes) is 1. The lowest BCUT2D eigenvalue weighted by Crippen LogP contribution is -2.38. The largest absolute Gasteiger partial charge is 0.493 e. The minimum Gasteiger partial charge on any atom is -0.493 e. The Labute approximate surface area is 199 Å². The number of hydrogen-bond donors (Lipinski definition) is 0. The maximum Gasteiger partial charge on any atom is 0.253 e. The molecule has 1 aliphatic rings. The van der Waals surface area contributed by atoms with E-state index >= 15 is 0 Å². The lowest BCUT2D eigenvalue weighted by Gasteiger charge is -2.32. The average molecular weight is 469 g/mol. The van der Waals surface area contributed by atoms with E-state index in [0.29, 0.717) is 42.7 Å². The van der Waals surface area contributed by atoms with Crippen molar-refractivity contribution in [3.05, 3.63) is 58.1 Å². The molecule has 0 bridgehead atoms. The van der Waals surface area contributed by atoms with Gasteiger partial charge in [0.25, 0.3) is 5.91 Å². The van der Waals surface area contributed by atoms with E-state index in [9.17, 15) is 4.79 Å². The number of carbonyl (C=O) groups is 1. The fourth-order valence-electron chi connectivity index (χ4n) is 4.24. The van der Waals surface area contributed by atoms with Crippen molar-refractivity contribution in [2.24, 2.45) is 0 Å². The Bertz CT molecular complexity index is 1070.